The molecule has 1 aliphatic rings. The second-order valence-corrected chi connectivity index (χ2v) is 7.43. The second-order valence-electron chi connectivity index (χ2n) is 7.43. The van der Waals surface area contributed by atoms with Gasteiger partial charge in [-0.2, -0.15) is 5.10 Å². The van der Waals surface area contributed by atoms with Crippen LogP contribution in [0.1, 0.15) is 40.8 Å². The highest BCUT2D eigenvalue weighted by Crippen LogP contribution is 2.29. The smallest absolute Gasteiger partial charge is 0.289 e. The fraction of sp³-hybridized carbons (Fsp3) is 0.348. The van der Waals surface area contributed by atoms with Gasteiger partial charge in [-0.05, 0) is 36.8 Å². The fourth-order valence-electron chi connectivity index (χ4n) is 3.54. The van der Waals surface area contributed by atoms with Crippen molar-refractivity contribution in [2.45, 2.75) is 19.8 Å². The quantitative estimate of drug-likeness (QED) is 0.589. The standard InChI is InChI=1S/C23H26N4O4/c1-2-3-14-30-20-8-5-4-7-17(20)18-16-19(25-24-18)22(28)26-10-12-27(13-11-26)23(29)21-9-6-15-31-21/h4-9,15-16H,2-3,10-14H2,1H3,(H,24,25). The average molecular weight is 422 g/mol. The molecule has 0 saturated carbocycles. The molecule has 1 saturated heterocycles. The van der Waals surface area contributed by atoms with Gasteiger partial charge in [-0.25, -0.2) is 0 Å². The van der Waals surface area contributed by atoms with E-state index in [2.05, 4.69) is 17.1 Å². The Morgan fingerprint density at radius 1 is 1.06 bits per heavy atom. The number of amides is 2. The number of aromatic nitrogens is 2. The van der Waals surface area contributed by atoms with Gasteiger partial charge in [0.2, 0.25) is 0 Å². The van der Waals surface area contributed by atoms with E-state index in [-0.39, 0.29) is 11.8 Å². The summed E-state index contributed by atoms with van der Waals surface area (Å²) < 4.78 is 11.1. The highest BCUT2D eigenvalue weighted by atomic mass is 16.5. The van der Waals surface area contributed by atoms with Crippen LogP contribution in [0.2, 0.25) is 0 Å². The molecule has 8 nitrogen and oxygen atoms in total. The third kappa shape index (κ3) is 4.63. The van der Waals surface area contributed by atoms with Crippen LogP contribution in [0.5, 0.6) is 5.75 Å². The molecule has 162 valence electrons. The molecule has 0 radical (unpaired) electrons. The van der Waals surface area contributed by atoms with Crippen LogP contribution in [0.4, 0.5) is 0 Å². The molecular weight excluding hydrogens is 396 g/mol. The number of hydrogen-bond acceptors (Lipinski definition) is 5. The first-order valence-corrected chi connectivity index (χ1v) is 10.6. The summed E-state index contributed by atoms with van der Waals surface area (Å²) in [5, 5.41) is 7.20. The molecule has 4 rings (SSSR count). The Morgan fingerprint density at radius 2 is 1.81 bits per heavy atom. The van der Waals surface area contributed by atoms with Gasteiger partial charge in [-0.3, -0.25) is 14.7 Å². The summed E-state index contributed by atoms with van der Waals surface area (Å²) >= 11 is 0. The van der Waals surface area contributed by atoms with Crippen LogP contribution in [-0.2, 0) is 0 Å². The summed E-state index contributed by atoms with van der Waals surface area (Å²) in [5.74, 6) is 0.790. The number of ether oxygens (including phenoxy) is 1. The Kier molecular flexibility index (Phi) is 6.35. The molecule has 2 aromatic heterocycles. The maximum Gasteiger partial charge on any atom is 0.289 e. The summed E-state index contributed by atoms with van der Waals surface area (Å²) in [5.41, 5.74) is 1.94. The number of rotatable bonds is 7. The number of aromatic amines is 1. The molecule has 0 unspecified atom stereocenters. The molecule has 1 aromatic carbocycles. The summed E-state index contributed by atoms with van der Waals surface area (Å²) in [6.07, 6.45) is 3.52. The Hall–Kier alpha value is -3.55. The lowest BCUT2D eigenvalue weighted by atomic mass is 10.1. The number of para-hydroxylation sites is 1. The van der Waals surface area contributed by atoms with Gasteiger partial charge >= 0.3 is 0 Å². The highest BCUT2D eigenvalue weighted by Gasteiger charge is 2.27. The minimum Gasteiger partial charge on any atom is -0.493 e. The molecule has 1 fully saturated rings. The number of benzene rings is 1. The van der Waals surface area contributed by atoms with E-state index < -0.39 is 0 Å². The third-order valence-corrected chi connectivity index (χ3v) is 5.31. The van der Waals surface area contributed by atoms with Gasteiger partial charge in [-0.1, -0.05) is 25.5 Å². The number of H-pyrrole nitrogens is 1. The Labute approximate surface area is 180 Å². The van der Waals surface area contributed by atoms with E-state index in [0.717, 1.165) is 24.2 Å². The molecular formula is C23H26N4O4. The lowest BCUT2D eigenvalue weighted by molar-refractivity contribution is 0.0515. The van der Waals surface area contributed by atoms with Crippen molar-refractivity contribution in [2.24, 2.45) is 0 Å². The van der Waals surface area contributed by atoms with Crippen molar-refractivity contribution in [3.8, 4) is 17.0 Å². The molecule has 1 aliphatic heterocycles. The van der Waals surface area contributed by atoms with Gasteiger partial charge in [0.15, 0.2) is 5.76 Å². The van der Waals surface area contributed by atoms with Gasteiger partial charge in [0.05, 0.1) is 18.6 Å². The van der Waals surface area contributed by atoms with Crippen LogP contribution in [0.25, 0.3) is 11.3 Å². The molecule has 0 aliphatic carbocycles. The number of piperazine rings is 1. The van der Waals surface area contributed by atoms with Crippen LogP contribution in [0.3, 0.4) is 0 Å². The van der Waals surface area contributed by atoms with Gasteiger partial charge in [0.25, 0.3) is 11.8 Å². The Balaban J connectivity index is 1.40. The first-order chi connectivity index (χ1) is 15.2. The zero-order chi connectivity index (χ0) is 21.6. The monoisotopic (exact) mass is 422 g/mol. The number of carbonyl (C=O) groups excluding carboxylic acids is 2. The van der Waals surface area contributed by atoms with E-state index in [1.54, 1.807) is 28.0 Å². The van der Waals surface area contributed by atoms with E-state index in [0.29, 0.717) is 49.9 Å². The average Bonchev–Trinajstić information content (AvgIpc) is 3.51. The van der Waals surface area contributed by atoms with Crippen molar-refractivity contribution in [3.05, 3.63) is 60.2 Å². The van der Waals surface area contributed by atoms with Crippen LogP contribution in [0, 0.1) is 0 Å². The van der Waals surface area contributed by atoms with Crippen LogP contribution >= 0.6 is 0 Å². The largest absolute Gasteiger partial charge is 0.493 e. The van der Waals surface area contributed by atoms with Crippen molar-refractivity contribution in [2.75, 3.05) is 32.8 Å². The number of furan rings is 1. The molecule has 2 amide bonds. The molecule has 0 spiro atoms. The number of carbonyl (C=O) groups is 2. The van der Waals surface area contributed by atoms with E-state index in [1.807, 2.05) is 24.3 Å². The van der Waals surface area contributed by atoms with Gasteiger partial charge in [-0.15, -0.1) is 0 Å². The molecule has 31 heavy (non-hydrogen) atoms. The topological polar surface area (TPSA) is 91.7 Å². The summed E-state index contributed by atoms with van der Waals surface area (Å²) in [7, 11) is 0. The summed E-state index contributed by atoms with van der Waals surface area (Å²) in [4.78, 5) is 28.8. The molecule has 1 N–H and O–H groups in total. The molecule has 3 aromatic rings. The number of nitrogens with zero attached hydrogens (tertiary/aromatic N) is 3. The predicted octanol–water partition coefficient (Wildman–Crippen LogP) is 3.45. The lowest BCUT2D eigenvalue weighted by Gasteiger charge is -2.34. The number of unbranched alkanes of at least 4 members (excludes halogenated alkanes) is 1. The van der Waals surface area contributed by atoms with E-state index in [4.69, 9.17) is 9.15 Å². The maximum atomic E-state index is 12.9. The van der Waals surface area contributed by atoms with Crippen molar-refractivity contribution < 1.29 is 18.7 Å². The molecule has 0 atom stereocenters. The van der Waals surface area contributed by atoms with E-state index in [9.17, 15) is 9.59 Å². The minimum absolute atomic E-state index is 0.131. The van der Waals surface area contributed by atoms with Crippen molar-refractivity contribution in [1.82, 2.24) is 20.0 Å². The second kappa shape index (κ2) is 9.51. The van der Waals surface area contributed by atoms with Crippen molar-refractivity contribution in [3.63, 3.8) is 0 Å². The zero-order valence-electron chi connectivity index (χ0n) is 17.5. The third-order valence-electron chi connectivity index (χ3n) is 5.31. The zero-order valence-corrected chi connectivity index (χ0v) is 17.5. The summed E-state index contributed by atoms with van der Waals surface area (Å²) in [6.45, 7) is 4.59. The number of hydrogen-bond donors (Lipinski definition) is 1. The molecule has 3 heterocycles. The maximum absolute atomic E-state index is 12.9. The SMILES string of the molecule is CCCCOc1ccccc1-c1cc(C(=O)N2CCN(C(=O)c3ccco3)CC2)[nH]n1. The van der Waals surface area contributed by atoms with Crippen LogP contribution < -0.4 is 4.74 Å². The van der Waals surface area contributed by atoms with Crippen LogP contribution in [0.15, 0.2) is 53.1 Å². The molecule has 8 heteroatoms. The van der Waals surface area contributed by atoms with Crippen molar-refractivity contribution in [1.29, 1.82) is 0 Å². The lowest BCUT2D eigenvalue weighted by Crippen LogP contribution is -2.50. The van der Waals surface area contributed by atoms with Gasteiger partial charge in [0.1, 0.15) is 11.4 Å². The molecule has 0 bridgehead atoms. The minimum atomic E-state index is -0.152. The Morgan fingerprint density at radius 3 is 2.52 bits per heavy atom. The van der Waals surface area contributed by atoms with Gasteiger partial charge < -0.3 is 19.0 Å². The van der Waals surface area contributed by atoms with Crippen molar-refractivity contribution >= 4 is 11.8 Å². The fourth-order valence-corrected chi connectivity index (χ4v) is 3.54. The highest BCUT2D eigenvalue weighted by molar-refractivity contribution is 5.94. The normalized spacial score (nSPS) is 14.0. The first-order valence-electron chi connectivity index (χ1n) is 10.6. The number of nitrogens with one attached hydrogen (secondary N) is 1. The first kappa shape index (κ1) is 20.7. The van der Waals surface area contributed by atoms with Crippen LogP contribution in [-0.4, -0.2) is 64.6 Å². The Bertz CT molecular complexity index is 1020. The van der Waals surface area contributed by atoms with E-state index in [1.165, 1.54) is 6.26 Å². The van der Waals surface area contributed by atoms with Gasteiger partial charge in [0, 0.05) is 31.7 Å². The summed E-state index contributed by atoms with van der Waals surface area (Å²) in [6, 6.07) is 12.8. The van der Waals surface area contributed by atoms with E-state index >= 15 is 0 Å². The predicted molar refractivity (Wildman–Crippen MR) is 115 cm³/mol.